The molecular weight excluding hydrogens is 203 g/mol. The molecule has 2 aromatic rings. The monoisotopic (exact) mass is 219 g/mol. The van der Waals surface area contributed by atoms with E-state index in [0.29, 0.717) is 5.92 Å². The summed E-state index contributed by atoms with van der Waals surface area (Å²) in [5, 5.41) is 0. The van der Waals surface area contributed by atoms with Crippen LogP contribution in [0.3, 0.4) is 0 Å². The molecule has 3 rings (SSSR count). The number of fused-ring (bicyclic) bond motifs is 3. The van der Waals surface area contributed by atoms with Gasteiger partial charge >= 0.3 is 0 Å². The van der Waals surface area contributed by atoms with Gasteiger partial charge < -0.3 is 0 Å². The summed E-state index contributed by atoms with van der Waals surface area (Å²) in [5.41, 5.74) is 8.44. The second-order valence-electron chi connectivity index (χ2n) is 4.95. The first-order chi connectivity index (χ1) is 8.20. The number of benzene rings is 2. The van der Waals surface area contributed by atoms with Crippen LogP contribution in [0.15, 0.2) is 36.4 Å². The molecule has 0 saturated carbocycles. The minimum Gasteiger partial charge on any atom is -0.0875 e. The molecule has 0 aliphatic heterocycles. The highest BCUT2D eigenvalue weighted by molar-refractivity contribution is 6.52. The van der Waals surface area contributed by atoms with E-state index in [-0.39, 0.29) is 0 Å². The van der Waals surface area contributed by atoms with Crippen molar-refractivity contribution >= 4 is 12.7 Å². The second kappa shape index (κ2) is 3.77. The van der Waals surface area contributed by atoms with E-state index >= 15 is 0 Å². The highest BCUT2D eigenvalue weighted by Crippen LogP contribution is 2.44. The Morgan fingerprint density at radius 2 is 1.59 bits per heavy atom. The van der Waals surface area contributed by atoms with Gasteiger partial charge in [-0.15, -0.1) is 0 Å². The van der Waals surface area contributed by atoms with Crippen LogP contribution >= 0.6 is 0 Å². The molecule has 2 aromatic carbocycles. The molecule has 0 unspecified atom stereocenters. The van der Waals surface area contributed by atoms with Gasteiger partial charge in [-0.2, -0.15) is 0 Å². The van der Waals surface area contributed by atoms with Gasteiger partial charge in [0.1, 0.15) is 7.28 Å². The van der Waals surface area contributed by atoms with Crippen LogP contribution in [0.4, 0.5) is 0 Å². The van der Waals surface area contributed by atoms with Gasteiger partial charge in [-0.25, -0.2) is 0 Å². The van der Waals surface area contributed by atoms with Gasteiger partial charge in [-0.1, -0.05) is 61.2 Å². The Kier molecular flexibility index (Phi) is 2.36. The summed E-state index contributed by atoms with van der Waals surface area (Å²) < 4.78 is 0. The summed E-state index contributed by atoms with van der Waals surface area (Å²) >= 11 is 0. The maximum Gasteiger partial charge on any atom is 0.148 e. The van der Waals surface area contributed by atoms with E-state index in [1.807, 2.05) is 0 Å². The van der Waals surface area contributed by atoms with Crippen molar-refractivity contribution in [2.24, 2.45) is 0 Å². The molecule has 1 radical (unpaired) electrons. The molecule has 0 N–H and O–H groups in total. The van der Waals surface area contributed by atoms with Crippen LogP contribution < -0.4 is 5.46 Å². The molecule has 0 spiro atoms. The molecule has 1 atom stereocenters. The third-order valence-corrected chi connectivity index (χ3v) is 3.84. The summed E-state index contributed by atoms with van der Waals surface area (Å²) in [4.78, 5) is 0. The van der Waals surface area contributed by atoms with Crippen molar-refractivity contribution < 1.29 is 0 Å². The van der Waals surface area contributed by atoms with Crippen molar-refractivity contribution in [3.05, 3.63) is 53.1 Å². The SMILES string of the molecule is C[B]c1ccc2c(c1)-c1cc(C)ccc1[C@@H]2C. The van der Waals surface area contributed by atoms with Crippen molar-refractivity contribution in [2.75, 3.05) is 0 Å². The van der Waals surface area contributed by atoms with E-state index in [2.05, 4.69) is 64.3 Å². The quantitative estimate of drug-likeness (QED) is 0.644. The fourth-order valence-electron chi connectivity index (χ4n) is 2.81. The number of hydrogen-bond acceptors (Lipinski definition) is 0. The summed E-state index contributed by atoms with van der Waals surface area (Å²) in [6.07, 6.45) is 0. The highest BCUT2D eigenvalue weighted by atomic mass is 14.3. The lowest BCUT2D eigenvalue weighted by Crippen LogP contribution is -2.10. The van der Waals surface area contributed by atoms with E-state index in [1.54, 1.807) is 0 Å². The lowest BCUT2D eigenvalue weighted by atomic mass is 9.72. The lowest BCUT2D eigenvalue weighted by molar-refractivity contribution is 0.956. The minimum atomic E-state index is 0.534. The first kappa shape index (κ1) is 10.6. The van der Waals surface area contributed by atoms with Crippen molar-refractivity contribution in [3.8, 4) is 11.1 Å². The van der Waals surface area contributed by atoms with E-state index in [0.717, 1.165) is 0 Å². The van der Waals surface area contributed by atoms with Gasteiger partial charge in [0, 0.05) is 5.92 Å². The molecule has 1 aliphatic carbocycles. The van der Waals surface area contributed by atoms with Crippen molar-refractivity contribution in [2.45, 2.75) is 26.6 Å². The number of aryl methyl sites for hydroxylation is 1. The van der Waals surface area contributed by atoms with Gasteiger partial charge in [0.25, 0.3) is 0 Å². The Morgan fingerprint density at radius 3 is 2.29 bits per heavy atom. The van der Waals surface area contributed by atoms with Crippen LogP contribution in [0, 0.1) is 6.92 Å². The Hall–Kier alpha value is -1.50. The van der Waals surface area contributed by atoms with Crippen LogP contribution in [0.5, 0.6) is 0 Å². The average molecular weight is 219 g/mol. The van der Waals surface area contributed by atoms with Crippen LogP contribution in [0.1, 0.15) is 29.5 Å². The van der Waals surface area contributed by atoms with Gasteiger partial charge in [0.05, 0.1) is 0 Å². The molecule has 0 nitrogen and oxygen atoms in total. The van der Waals surface area contributed by atoms with E-state index < -0.39 is 0 Å². The lowest BCUT2D eigenvalue weighted by Gasteiger charge is -2.06. The predicted molar refractivity (Wildman–Crippen MR) is 75.4 cm³/mol. The molecule has 0 saturated heterocycles. The Bertz CT molecular complexity index is 584. The minimum absolute atomic E-state index is 0.534. The fraction of sp³-hybridized carbons (Fsp3) is 0.250. The molecule has 83 valence electrons. The third kappa shape index (κ3) is 1.53. The number of hydrogen-bond donors (Lipinski definition) is 0. The number of rotatable bonds is 1. The molecule has 0 aromatic heterocycles. The maximum absolute atomic E-state index is 2.32. The van der Waals surface area contributed by atoms with Crippen molar-refractivity contribution in [3.63, 3.8) is 0 Å². The van der Waals surface area contributed by atoms with Gasteiger partial charge in [0.15, 0.2) is 0 Å². The zero-order valence-corrected chi connectivity index (χ0v) is 10.6. The van der Waals surface area contributed by atoms with Gasteiger partial charge in [-0.3, -0.25) is 0 Å². The van der Waals surface area contributed by atoms with Gasteiger partial charge in [0.2, 0.25) is 0 Å². The molecule has 0 fully saturated rings. The summed E-state index contributed by atoms with van der Waals surface area (Å²) in [7, 11) is 2.17. The maximum atomic E-state index is 2.32. The van der Waals surface area contributed by atoms with Crippen LogP contribution in [-0.2, 0) is 0 Å². The highest BCUT2D eigenvalue weighted by Gasteiger charge is 2.24. The second-order valence-corrected chi connectivity index (χ2v) is 4.95. The standard InChI is InChI=1S/C16H16B/c1-10-4-6-13-11(2)14-7-5-12(17-3)9-16(14)15(13)8-10/h4-9,11H,1-3H3/t11-/m0/s1. The topological polar surface area (TPSA) is 0 Å². The Morgan fingerprint density at radius 1 is 0.941 bits per heavy atom. The predicted octanol–water partition coefficient (Wildman–Crippen LogP) is 3.50. The Labute approximate surface area is 104 Å². The summed E-state index contributed by atoms with van der Waals surface area (Å²) in [6.45, 7) is 6.56. The fourth-order valence-corrected chi connectivity index (χ4v) is 2.81. The third-order valence-electron chi connectivity index (χ3n) is 3.84. The smallest absolute Gasteiger partial charge is 0.0875 e. The molecule has 1 aliphatic rings. The van der Waals surface area contributed by atoms with Crippen LogP contribution in [0.2, 0.25) is 6.82 Å². The van der Waals surface area contributed by atoms with Crippen molar-refractivity contribution in [1.82, 2.24) is 0 Å². The van der Waals surface area contributed by atoms with Gasteiger partial charge in [-0.05, 0) is 29.2 Å². The van der Waals surface area contributed by atoms with E-state index in [4.69, 9.17) is 0 Å². The molecule has 0 heterocycles. The molecular formula is C16H16B. The van der Waals surface area contributed by atoms with Crippen molar-refractivity contribution in [1.29, 1.82) is 0 Å². The molecule has 0 bridgehead atoms. The van der Waals surface area contributed by atoms with E-state index in [9.17, 15) is 0 Å². The zero-order chi connectivity index (χ0) is 12.0. The average Bonchev–Trinajstić information content (AvgIpc) is 2.62. The van der Waals surface area contributed by atoms with E-state index in [1.165, 1.54) is 33.3 Å². The van der Waals surface area contributed by atoms with Crippen LogP contribution in [-0.4, -0.2) is 7.28 Å². The molecule has 0 amide bonds. The largest absolute Gasteiger partial charge is 0.148 e. The Balaban J connectivity index is 2.27. The molecule has 1 heteroatoms. The first-order valence-electron chi connectivity index (χ1n) is 6.25. The zero-order valence-electron chi connectivity index (χ0n) is 10.6. The summed E-state index contributed by atoms with van der Waals surface area (Å²) in [5.74, 6) is 0.534. The molecule has 17 heavy (non-hydrogen) atoms. The first-order valence-corrected chi connectivity index (χ1v) is 6.25. The normalized spacial score (nSPS) is 16.5. The van der Waals surface area contributed by atoms with Crippen LogP contribution in [0.25, 0.3) is 11.1 Å². The summed E-state index contributed by atoms with van der Waals surface area (Å²) in [6, 6.07) is 13.6.